The molecule has 2 rings (SSSR count). The van der Waals surface area contributed by atoms with Gasteiger partial charge in [-0.1, -0.05) is 28.1 Å². The maximum atomic E-state index is 12.0. The van der Waals surface area contributed by atoms with E-state index in [0.717, 1.165) is 10.0 Å². The number of hydrogen-bond donors (Lipinski definition) is 1. The summed E-state index contributed by atoms with van der Waals surface area (Å²) in [5.74, 6) is 0.0604. The van der Waals surface area contributed by atoms with Crippen molar-refractivity contribution in [2.45, 2.75) is 6.92 Å². The van der Waals surface area contributed by atoms with Crippen molar-refractivity contribution in [3.8, 4) is 0 Å². The third kappa shape index (κ3) is 4.60. The Labute approximate surface area is 132 Å². The topological polar surface area (TPSA) is 52.7 Å². The molecule has 0 atom stereocenters. The summed E-state index contributed by atoms with van der Waals surface area (Å²) in [7, 11) is 0. The summed E-state index contributed by atoms with van der Waals surface area (Å²) in [6, 6.07) is 7.67. The lowest BCUT2D eigenvalue weighted by atomic mass is 10.2. The van der Waals surface area contributed by atoms with Crippen LogP contribution in [0.5, 0.6) is 0 Å². The van der Waals surface area contributed by atoms with E-state index in [1.165, 1.54) is 0 Å². The predicted molar refractivity (Wildman–Crippen MR) is 85.5 cm³/mol. The number of benzene rings is 1. The number of hydrogen-bond acceptors (Lipinski definition) is 2. The lowest BCUT2D eigenvalue weighted by molar-refractivity contribution is -0.130. The molecule has 112 valence electrons. The first-order chi connectivity index (χ1) is 10.1. The minimum atomic E-state index is -0.133. The number of halogens is 1. The van der Waals surface area contributed by atoms with Crippen molar-refractivity contribution in [3.05, 3.63) is 40.5 Å². The van der Waals surface area contributed by atoms with E-state index < -0.39 is 0 Å². The van der Waals surface area contributed by atoms with Crippen molar-refractivity contribution in [1.29, 1.82) is 0 Å². The summed E-state index contributed by atoms with van der Waals surface area (Å²) in [4.78, 5) is 26.7. The van der Waals surface area contributed by atoms with Crippen molar-refractivity contribution in [2.24, 2.45) is 0 Å². The van der Waals surface area contributed by atoms with Crippen LogP contribution in [0.1, 0.15) is 12.5 Å². The molecule has 0 aliphatic carbocycles. The monoisotopic (exact) mass is 351 g/mol. The molecule has 0 aromatic heterocycles. The van der Waals surface area contributed by atoms with E-state index in [9.17, 15) is 9.59 Å². The Morgan fingerprint density at radius 2 is 1.67 bits per heavy atom. The van der Waals surface area contributed by atoms with Crippen LogP contribution in [0.15, 0.2) is 34.9 Å². The fraction of sp³-hybridized carbons (Fsp3) is 0.333. The van der Waals surface area contributed by atoms with Crippen molar-refractivity contribution in [2.75, 3.05) is 26.2 Å². The fourth-order valence-electron chi connectivity index (χ4n) is 2.10. The molecule has 0 radical (unpaired) electrons. The van der Waals surface area contributed by atoms with E-state index in [-0.39, 0.29) is 11.9 Å². The molecule has 0 unspecified atom stereocenters. The molecule has 6 heteroatoms. The zero-order chi connectivity index (χ0) is 15.2. The quantitative estimate of drug-likeness (QED) is 0.888. The Balaban J connectivity index is 1.80. The molecule has 0 saturated carbocycles. The summed E-state index contributed by atoms with van der Waals surface area (Å²) < 4.78 is 1.02. The number of piperazine rings is 1. The van der Waals surface area contributed by atoms with E-state index >= 15 is 0 Å². The number of nitrogens with one attached hydrogen (secondary N) is 1. The smallest absolute Gasteiger partial charge is 0.321 e. The molecular weight excluding hydrogens is 334 g/mol. The molecule has 1 aliphatic heterocycles. The van der Waals surface area contributed by atoms with Crippen LogP contribution in [-0.2, 0) is 4.79 Å². The summed E-state index contributed by atoms with van der Waals surface area (Å²) >= 11 is 3.38. The first kappa shape index (κ1) is 15.6. The molecule has 1 fully saturated rings. The highest BCUT2D eigenvalue weighted by atomic mass is 79.9. The summed E-state index contributed by atoms with van der Waals surface area (Å²) in [6.07, 6.45) is 3.49. The second-order valence-corrected chi connectivity index (χ2v) is 5.74. The van der Waals surface area contributed by atoms with Gasteiger partial charge in [0, 0.05) is 43.8 Å². The number of rotatable bonds is 2. The number of urea groups is 1. The molecule has 1 heterocycles. The van der Waals surface area contributed by atoms with Crippen molar-refractivity contribution in [1.82, 2.24) is 15.1 Å². The third-order valence-electron chi connectivity index (χ3n) is 3.36. The maximum Gasteiger partial charge on any atom is 0.321 e. The normalized spacial score (nSPS) is 15.3. The zero-order valence-electron chi connectivity index (χ0n) is 11.9. The second kappa shape index (κ2) is 7.26. The van der Waals surface area contributed by atoms with Gasteiger partial charge in [0.1, 0.15) is 0 Å². The first-order valence-electron chi connectivity index (χ1n) is 6.79. The maximum absolute atomic E-state index is 12.0. The Hall–Kier alpha value is -1.82. The summed E-state index contributed by atoms with van der Waals surface area (Å²) in [5, 5.41) is 2.75. The fourth-order valence-corrected chi connectivity index (χ4v) is 2.36. The van der Waals surface area contributed by atoms with Crippen molar-refractivity contribution < 1.29 is 9.59 Å². The van der Waals surface area contributed by atoms with E-state index in [0.29, 0.717) is 26.2 Å². The second-order valence-electron chi connectivity index (χ2n) is 4.83. The Morgan fingerprint density at radius 1 is 1.10 bits per heavy atom. The predicted octanol–water partition coefficient (Wildman–Crippen LogP) is 2.29. The molecule has 5 nitrogen and oxygen atoms in total. The van der Waals surface area contributed by atoms with Crippen LogP contribution in [0, 0.1) is 0 Å². The van der Waals surface area contributed by atoms with Gasteiger partial charge < -0.3 is 15.1 Å². The molecule has 1 N–H and O–H groups in total. The van der Waals surface area contributed by atoms with Crippen LogP contribution in [0.4, 0.5) is 4.79 Å². The van der Waals surface area contributed by atoms with Gasteiger partial charge in [0.25, 0.3) is 0 Å². The van der Waals surface area contributed by atoms with Crippen LogP contribution in [0.2, 0.25) is 0 Å². The largest absolute Gasteiger partial charge is 0.339 e. The van der Waals surface area contributed by atoms with Crippen LogP contribution >= 0.6 is 15.9 Å². The molecule has 1 aliphatic rings. The van der Waals surface area contributed by atoms with E-state index in [1.54, 1.807) is 22.9 Å². The van der Waals surface area contributed by atoms with Crippen molar-refractivity contribution in [3.63, 3.8) is 0 Å². The average Bonchev–Trinajstić information content (AvgIpc) is 2.49. The summed E-state index contributed by atoms with van der Waals surface area (Å²) in [6.45, 7) is 3.88. The molecule has 1 saturated heterocycles. The van der Waals surface area contributed by atoms with Crippen LogP contribution in [0.25, 0.3) is 6.08 Å². The molecule has 1 aromatic rings. The van der Waals surface area contributed by atoms with Gasteiger partial charge in [-0.25, -0.2) is 4.79 Å². The van der Waals surface area contributed by atoms with Gasteiger partial charge in [-0.15, -0.1) is 0 Å². The van der Waals surface area contributed by atoms with Gasteiger partial charge in [0.2, 0.25) is 5.91 Å². The molecule has 0 spiro atoms. The first-order valence-corrected chi connectivity index (χ1v) is 7.58. The SMILES string of the molecule is CC(=O)N1CCN(C(=O)N/C=C/c2ccc(Br)cc2)CC1. The van der Waals surface area contributed by atoms with Gasteiger partial charge in [0.05, 0.1) is 0 Å². The van der Waals surface area contributed by atoms with Gasteiger partial charge in [-0.05, 0) is 23.8 Å². The van der Waals surface area contributed by atoms with Gasteiger partial charge in [-0.3, -0.25) is 4.79 Å². The minimum Gasteiger partial charge on any atom is -0.339 e. The molecule has 3 amide bonds. The lowest BCUT2D eigenvalue weighted by Gasteiger charge is -2.33. The number of carbonyl (C=O) groups excluding carboxylic acids is 2. The zero-order valence-corrected chi connectivity index (χ0v) is 13.5. The van der Waals surface area contributed by atoms with Crippen LogP contribution in [0.3, 0.4) is 0 Å². The molecular formula is C15H18BrN3O2. The Morgan fingerprint density at radius 3 is 2.24 bits per heavy atom. The van der Waals surface area contributed by atoms with Gasteiger partial charge >= 0.3 is 6.03 Å². The number of amides is 3. The standard InChI is InChI=1S/C15H18BrN3O2/c1-12(20)18-8-10-19(11-9-18)15(21)17-7-6-13-2-4-14(16)5-3-13/h2-7H,8-11H2,1H3,(H,17,21)/b7-6+. The molecule has 0 bridgehead atoms. The average molecular weight is 352 g/mol. The third-order valence-corrected chi connectivity index (χ3v) is 3.89. The van der Waals surface area contributed by atoms with E-state index in [1.807, 2.05) is 30.3 Å². The molecule has 1 aromatic carbocycles. The van der Waals surface area contributed by atoms with Crippen molar-refractivity contribution >= 4 is 33.9 Å². The Kier molecular flexibility index (Phi) is 5.38. The summed E-state index contributed by atoms with van der Waals surface area (Å²) in [5.41, 5.74) is 1.01. The number of carbonyl (C=O) groups is 2. The van der Waals surface area contributed by atoms with Crippen LogP contribution < -0.4 is 5.32 Å². The van der Waals surface area contributed by atoms with E-state index in [2.05, 4.69) is 21.2 Å². The Bertz CT molecular complexity index is 534. The lowest BCUT2D eigenvalue weighted by Crippen LogP contribution is -2.52. The highest BCUT2D eigenvalue weighted by Crippen LogP contribution is 2.11. The van der Waals surface area contributed by atoms with Gasteiger partial charge in [0.15, 0.2) is 0 Å². The minimum absolute atomic E-state index is 0.0604. The van der Waals surface area contributed by atoms with E-state index in [4.69, 9.17) is 0 Å². The highest BCUT2D eigenvalue weighted by molar-refractivity contribution is 9.10. The van der Waals surface area contributed by atoms with Gasteiger partial charge in [-0.2, -0.15) is 0 Å². The number of nitrogens with zero attached hydrogens (tertiary/aromatic N) is 2. The highest BCUT2D eigenvalue weighted by Gasteiger charge is 2.21. The molecule has 21 heavy (non-hydrogen) atoms. The van der Waals surface area contributed by atoms with Crippen LogP contribution in [-0.4, -0.2) is 47.9 Å².